The van der Waals surface area contributed by atoms with Crippen molar-refractivity contribution in [2.24, 2.45) is 0 Å². The smallest absolute Gasteiger partial charge is 0.336 e. The summed E-state index contributed by atoms with van der Waals surface area (Å²) in [7, 11) is 0. The lowest BCUT2D eigenvalue weighted by atomic mass is 9.85. The van der Waals surface area contributed by atoms with Gasteiger partial charge in [0.15, 0.2) is 17.0 Å². The van der Waals surface area contributed by atoms with E-state index in [1.165, 1.54) is 12.1 Å². The lowest BCUT2D eigenvalue weighted by Gasteiger charge is -2.19. The van der Waals surface area contributed by atoms with Crippen molar-refractivity contribution < 1.29 is 33.7 Å². The molecule has 0 amide bonds. The van der Waals surface area contributed by atoms with Crippen molar-refractivity contribution in [1.82, 2.24) is 0 Å². The van der Waals surface area contributed by atoms with Crippen molar-refractivity contribution in [1.29, 1.82) is 0 Å². The summed E-state index contributed by atoms with van der Waals surface area (Å²) in [5.74, 6) is -3.29. The Morgan fingerprint density at radius 2 is 1.24 bits per heavy atom. The van der Waals surface area contributed by atoms with E-state index in [1.807, 2.05) is 48.5 Å². The topological polar surface area (TPSA) is 125 Å². The van der Waals surface area contributed by atoms with Gasteiger partial charge in [0.2, 0.25) is 0 Å². The van der Waals surface area contributed by atoms with Gasteiger partial charge in [-0.1, -0.05) is 66.7 Å². The van der Waals surface area contributed by atoms with Crippen LogP contribution in [0.5, 0.6) is 5.75 Å². The average Bonchev–Trinajstić information content (AvgIpc) is 3.01. The molecule has 0 aromatic heterocycles. The first-order valence-corrected chi connectivity index (χ1v) is 13.9. The number of carbonyl (C=O) groups is 2. The number of aromatic carboxylic acids is 1. The van der Waals surface area contributed by atoms with Crippen molar-refractivity contribution in [2.45, 2.75) is 13.8 Å². The zero-order chi connectivity index (χ0) is 32.0. The van der Waals surface area contributed by atoms with Gasteiger partial charge >= 0.3 is 5.97 Å². The Kier molecular flexibility index (Phi) is 7.26. The molecule has 0 radical (unpaired) electrons. The number of phenols is 1. The fourth-order valence-electron chi connectivity index (χ4n) is 5.94. The maximum absolute atomic E-state index is 14.7. The average molecular weight is 601 g/mol. The van der Waals surface area contributed by atoms with E-state index in [0.717, 1.165) is 51.7 Å². The van der Waals surface area contributed by atoms with Crippen LogP contribution in [0, 0.1) is 12.7 Å². The lowest BCUT2D eigenvalue weighted by molar-refractivity contribution is -0.134. The predicted octanol–water partition coefficient (Wildman–Crippen LogP) is 8.48. The van der Waals surface area contributed by atoms with Gasteiger partial charge in [-0.25, -0.2) is 9.18 Å². The van der Waals surface area contributed by atoms with Gasteiger partial charge in [-0.3, -0.25) is 9.59 Å². The van der Waals surface area contributed by atoms with Gasteiger partial charge in [-0.2, -0.15) is 0 Å². The van der Waals surface area contributed by atoms with E-state index in [0.29, 0.717) is 22.3 Å². The second-order valence-corrected chi connectivity index (χ2v) is 10.6. The summed E-state index contributed by atoms with van der Waals surface area (Å²) >= 11 is 0. The highest BCUT2D eigenvalue weighted by Gasteiger charge is 2.25. The molecule has 1 heterocycles. The van der Waals surface area contributed by atoms with Crippen LogP contribution in [0.4, 0.5) is 4.39 Å². The maximum Gasteiger partial charge on any atom is 0.336 e. The largest absolute Gasteiger partial charge is 0.505 e. The fourth-order valence-corrected chi connectivity index (χ4v) is 5.94. The molecule has 2 aliphatic rings. The normalized spacial score (nSPS) is 11.1. The van der Waals surface area contributed by atoms with Crippen LogP contribution in [0.3, 0.4) is 0 Å². The number of rotatable bonds is 3. The Morgan fingerprint density at radius 1 is 0.689 bits per heavy atom. The Bertz CT molecular complexity index is 2290. The highest BCUT2D eigenvalue weighted by molar-refractivity contribution is 6.16. The first kappa shape index (κ1) is 29.1. The second-order valence-electron chi connectivity index (χ2n) is 10.6. The summed E-state index contributed by atoms with van der Waals surface area (Å²) in [4.78, 5) is 35.1. The first-order chi connectivity index (χ1) is 21.6. The molecule has 5 aromatic rings. The van der Waals surface area contributed by atoms with E-state index >= 15 is 0 Å². The van der Waals surface area contributed by atoms with E-state index in [-0.39, 0.29) is 27.7 Å². The number of carboxylic acid groups (broad SMARTS) is 2. The molecule has 3 N–H and O–H groups in total. The highest BCUT2D eigenvalue weighted by atomic mass is 19.1. The standard InChI is InChI=1S/C35H21FO5.C2H4O2/c1-18-19-8-2-4-10-21(19)33(22-11-5-3-9-20(18)22)25-14-26-31(16-29(25)37)41-32-17-30(38)28(36)15-27(32)34(26)23-12-6-7-13-24(23)35(39)40;1-2(3)4/h2-17,38H,1H3,(H,39,40);1H3,(H,3,4). The number of carboxylic acids is 2. The first-order valence-electron chi connectivity index (χ1n) is 13.9. The molecule has 5 aromatic carbocycles. The van der Waals surface area contributed by atoms with Crippen molar-refractivity contribution in [3.05, 3.63) is 124 Å². The number of aryl methyl sites for hydroxylation is 1. The molecule has 0 bridgehead atoms. The molecule has 0 fully saturated rings. The molecule has 1 aliphatic carbocycles. The molecular weight excluding hydrogens is 575 g/mol. The summed E-state index contributed by atoms with van der Waals surface area (Å²) in [6, 6.07) is 27.6. The number of benzene rings is 6. The number of phenolic OH excluding ortho intramolecular Hbond substituents is 1. The quantitative estimate of drug-likeness (QED) is 0.174. The molecule has 0 saturated carbocycles. The minimum Gasteiger partial charge on any atom is -0.505 e. The number of hydrogen-bond donors (Lipinski definition) is 3. The highest BCUT2D eigenvalue weighted by Crippen LogP contribution is 2.45. The Hall–Kier alpha value is -6.02. The van der Waals surface area contributed by atoms with E-state index in [1.54, 1.807) is 24.3 Å². The number of fused-ring (bicyclic) bond motifs is 4. The predicted molar refractivity (Wildman–Crippen MR) is 172 cm³/mol. The molecule has 222 valence electrons. The number of hydrogen-bond acceptors (Lipinski definition) is 5. The summed E-state index contributed by atoms with van der Waals surface area (Å²) in [6.07, 6.45) is 0. The number of aliphatic carboxylic acids is 1. The van der Waals surface area contributed by atoms with E-state index in [9.17, 15) is 24.2 Å². The van der Waals surface area contributed by atoms with E-state index in [4.69, 9.17) is 14.3 Å². The Balaban J connectivity index is 0.000000845. The summed E-state index contributed by atoms with van der Waals surface area (Å²) in [5, 5.41) is 31.6. The van der Waals surface area contributed by atoms with Crippen molar-refractivity contribution in [3.63, 3.8) is 0 Å². The third kappa shape index (κ3) is 5.02. The van der Waals surface area contributed by atoms with Gasteiger partial charge in [0.1, 0.15) is 11.3 Å². The van der Waals surface area contributed by atoms with Crippen molar-refractivity contribution in [3.8, 4) is 39.3 Å². The van der Waals surface area contributed by atoms with Crippen molar-refractivity contribution >= 4 is 44.5 Å². The summed E-state index contributed by atoms with van der Waals surface area (Å²) < 4.78 is 20.8. The number of aromatic hydroxyl groups is 1. The molecule has 0 spiro atoms. The van der Waals surface area contributed by atoms with Crippen LogP contribution >= 0.6 is 0 Å². The maximum atomic E-state index is 14.7. The third-order valence-electron chi connectivity index (χ3n) is 7.79. The molecule has 1 aliphatic heterocycles. The van der Waals surface area contributed by atoms with Crippen LogP contribution in [-0.2, 0) is 4.79 Å². The van der Waals surface area contributed by atoms with Crippen LogP contribution in [-0.4, -0.2) is 27.3 Å². The molecule has 7 rings (SSSR count). The van der Waals surface area contributed by atoms with Crippen LogP contribution in [0.1, 0.15) is 22.8 Å². The molecule has 0 unspecified atom stereocenters. The molecular formula is C37H25FO7. The van der Waals surface area contributed by atoms with Gasteiger partial charge in [-0.15, -0.1) is 0 Å². The van der Waals surface area contributed by atoms with E-state index in [2.05, 4.69) is 6.92 Å². The Morgan fingerprint density at radius 3 is 1.84 bits per heavy atom. The molecule has 0 saturated heterocycles. The minimum absolute atomic E-state index is 0.00812. The third-order valence-corrected chi connectivity index (χ3v) is 7.79. The van der Waals surface area contributed by atoms with Gasteiger partial charge in [0.05, 0.1) is 5.56 Å². The SMILES string of the molecule is CC(=O)O.Cc1c2ccccc2c(-c2cc3c(-c4ccccc4C(=O)O)c4cc(F)c(O)cc4oc-3cc2=O)c2ccccc12. The minimum atomic E-state index is -1.15. The fraction of sp³-hybridized carbons (Fsp3) is 0.0541. The lowest BCUT2D eigenvalue weighted by Crippen LogP contribution is -2.08. The van der Waals surface area contributed by atoms with E-state index < -0.39 is 23.5 Å². The number of halogens is 1. The van der Waals surface area contributed by atoms with Gasteiger partial charge in [-0.05, 0) is 57.8 Å². The van der Waals surface area contributed by atoms with Crippen LogP contribution in [0.25, 0.3) is 66.1 Å². The second kappa shape index (κ2) is 11.2. The summed E-state index contributed by atoms with van der Waals surface area (Å²) in [6.45, 7) is 3.14. The summed E-state index contributed by atoms with van der Waals surface area (Å²) in [5.41, 5.74) is 3.26. The van der Waals surface area contributed by atoms with Crippen LogP contribution < -0.4 is 5.43 Å². The molecule has 0 atom stereocenters. The van der Waals surface area contributed by atoms with Gasteiger partial charge in [0, 0.05) is 46.7 Å². The van der Waals surface area contributed by atoms with Gasteiger partial charge in [0.25, 0.3) is 5.97 Å². The monoisotopic (exact) mass is 600 g/mol. The zero-order valence-electron chi connectivity index (χ0n) is 24.1. The zero-order valence-corrected chi connectivity index (χ0v) is 24.1. The Labute approximate surface area is 255 Å². The molecule has 45 heavy (non-hydrogen) atoms. The molecule has 8 heteroatoms. The molecule has 7 nitrogen and oxygen atoms in total. The van der Waals surface area contributed by atoms with Crippen LogP contribution in [0.2, 0.25) is 0 Å². The van der Waals surface area contributed by atoms with Crippen LogP contribution in [0.15, 0.2) is 106 Å². The van der Waals surface area contributed by atoms with Gasteiger partial charge < -0.3 is 19.7 Å². The van der Waals surface area contributed by atoms with Crippen molar-refractivity contribution in [2.75, 3.05) is 0 Å².